The standard InChI is InChI=1S/C17H22N2O2/c1-5-13(6-2)16-10-15(17(20)21)18-19(16)14-8-11(3)7-12(4)9-14/h7-10,13H,5-6H2,1-4H3,(H,20,21). The molecule has 4 nitrogen and oxygen atoms in total. The molecule has 1 heterocycles. The Labute approximate surface area is 125 Å². The molecule has 0 unspecified atom stereocenters. The van der Waals surface area contributed by atoms with Gasteiger partial charge in [-0.1, -0.05) is 19.9 Å². The number of carboxylic acid groups (broad SMARTS) is 1. The van der Waals surface area contributed by atoms with Crippen molar-refractivity contribution in [2.75, 3.05) is 0 Å². The van der Waals surface area contributed by atoms with E-state index in [2.05, 4.69) is 25.0 Å². The Bertz CT molecular complexity index is 635. The molecule has 0 aliphatic heterocycles. The molecule has 0 radical (unpaired) electrons. The van der Waals surface area contributed by atoms with E-state index in [0.29, 0.717) is 5.92 Å². The van der Waals surface area contributed by atoms with E-state index < -0.39 is 5.97 Å². The number of aryl methyl sites for hydroxylation is 2. The predicted octanol–water partition coefficient (Wildman–Crippen LogP) is 4.09. The minimum atomic E-state index is -0.981. The SMILES string of the molecule is CCC(CC)c1cc(C(=O)O)nn1-c1cc(C)cc(C)c1. The van der Waals surface area contributed by atoms with Crippen LogP contribution in [0.1, 0.15) is 59.9 Å². The van der Waals surface area contributed by atoms with Crippen molar-refractivity contribution in [3.05, 3.63) is 46.8 Å². The summed E-state index contributed by atoms with van der Waals surface area (Å²) in [5.74, 6) is -0.670. The highest BCUT2D eigenvalue weighted by atomic mass is 16.4. The van der Waals surface area contributed by atoms with Gasteiger partial charge in [-0.05, 0) is 56.0 Å². The van der Waals surface area contributed by atoms with E-state index in [0.717, 1.165) is 35.3 Å². The first kappa shape index (κ1) is 15.3. The molecule has 1 aromatic heterocycles. The lowest BCUT2D eigenvalue weighted by Crippen LogP contribution is -2.07. The summed E-state index contributed by atoms with van der Waals surface area (Å²) in [7, 11) is 0. The first-order valence-corrected chi connectivity index (χ1v) is 7.38. The Kier molecular flexibility index (Phi) is 4.46. The Morgan fingerprint density at radius 1 is 1.14 bits per heavy atom. The highest BCUT2D eigenvalue weighted by Gasteiger charge is 2.19. The highest BCUT2D eigenvalue weighted by Crippen LogP contribution is 2.27. The van der Waals surface area contributed by atoms with E-state index in [1.807, 2.05) is 26.0 Å². The Hall–Kier alpha value is -2.10. The molecule has 4 heteroatoms. The highest BCUT2D eigenvalue weighted by molar-refractivity contribution is 5.85. The van der Waals surface area contributed by atoms with Gasteiger partial charge in [0.15, 0.2) is 5.69 Å². The van der Waals surface area contributed by atoms with Crippen LogP contribution in [0.5, 0.6) is 0 Å². The minimum absolute atomic E-state index is 0.107. The van der Waals surface area contributed by atoms with E-state index >= 15 is 0 Å². The number of rotatable bonds is 5. The van der Waals surface area contributed by atoms with Gasteiger partial charge in [0.25, 0.3) is 0 Å². The zero-order valence-electron chi connectivity index (χ0n) is 13.1. The molecule has 0 saturated heterocycles. The van der Waals surface area contributed by atoms with E-state index in [1.54, 1.807) is 10.7 Å². The number of aromatic carboxylic acids is 1. The van der Waals surface area contributed by atoms with Crippen molar-refractivity contribution in [1.82, 2.24) is 9.78 Å². The molecule has 1 aromatic carbocycles. The monoisotopic (exact) mass is 286 g/mol. The molecule has 1 N–H and O–H groups in total. The number of hydrogen-bond donors (Lipinski definition) is 1. The Morgan fingerprint density at radius 3 is 2.19 bits per heavy atom. The smallest absolute Gasteiger partial charge is 0.356 e. The van der Waals surface area contributed by atoms with Gasteiger partial charge in [0.2, 0.25) is 0 Å². The maximum absolute atomic E-state index is 11.3. The zero-order valence-corrected chi connectivity index (χ0v) is 13.1. The molecule has 0 saturated carbocycles. The molecule has 112 valence electrons. The van der Waals surface area contributed by atoms with E-state index in [4.69, 9.17) is 0 Å². The number of nitrogens with zero attached hydrogens (tertiary/aromatic N) is 2. The van der Waals surface area contributed by atoms with Crippen LogP contribution in [-0.4, -0.2) is 20.9 Å². The minimum Gasteiger partial charge on any atom is -0.476 e. The average Bonchev–Trinajstić information content (AvgIpc) is 2.84. The summed E-state index contributed by atoms with van der Waals surface area (Å²) < 4.78 is 1.79. The molecule has 0 bridgehead atoms. The zero-order chi connectivity index (χ0) is 15.6. The van der Waals surface area contributed by atoms with Gasteiger partial charge in [-0.25, -0.2) is 9.48 Å². The number of benzene rings is 1. The number of hydrogen-bond acceptors (Lipinski definition) is 2. The summed E-state index contributed by atoms with van der Waals surface area (Å²) in [6.07, 6.45) is 1.93. The maximum Gasteiger partial charge on any atom is 0.356 e. The van der Waals surface area contributed by atoms with Crippen LogP contribution in [0.15, 0.2) is 24.3 Å². The first-order valence-electron chi connectivity index (χ1n) is 7.38. The fourth-order valence-corrected chi connectivity index (χ4v) is 2.78. The molecule has 0 amide bonds. The lowest BCUT2D eigenvalue weighted by Gasteiger charge is -2.15. The van der Waals surface area contributed by atoms with Crippen LogP contribution in [0.2, 0.25) is 0 Å². The third-order valence-electron chi connectivity index (χ3n) is 3.81. The summed E-state index contributed by atoms with van der Waals surface area (Å²) in [5.41, 5.74) is 4.31. The summed E-state index contributed by atoms with van der Waals surface area (Å²) in [4.78, 5) is 11.3. The van der Waals surface area contributed by atoms with E-state index in [1.165, 1.54) is 0 Å². The average molecular weight is 286 g/mol. The van der Waals surface area contributed by atoms with Gasteiger partial charge < -0.3 is 5.11 Å². The van der Waals surface area contributed by atoms with Gasteiger partial charge in [-0.15, -0.1) is 0 Å². The van der Waals surface area contributed by atoms with Crippen LogP contribution < -0.4 is 0 Å². The molecule has 2 rings (SSSR count). The van der Waals surface area contributed by atoms with Crippen molar-refractivity contribution in [3.8, 4) is 5.69 Å². The first-order chi connectivity index (χ1) is 9.96. The van der Waals surface area contributed by atoms with Crippen molar-refractivity contribution in [2.24, 2.45) is 0 Å². The van der Waals surface area contributed by atoms with Crippen LogP contribution in [-0.2, 0) is 0 Å². The topological polar surface area (TPSA) is 55.1 Å². The van der Waals surface area contributed by atoms with Gasteiger partial charge >= 0.3 is 5.97 Å². The second kappa shape index (κ2) is 6.12. The van der Waals surface area contributed by atoms with Crippen molar-refractivity contribution in [1.29, 1.82) is 0 Å². The van der Waals surface area contributed by atoms with Gasteiger partial charge in [0.1, 0.15) is 0 Å². The molecule has 0 atom stereocenters. The molecule has 21 heavy (non-hydrogen) atoms. The van der Waals surface area contributed by atoms with Gasteiger partial charge in [0.05, 0.1) is 5.69 Å². The summed E-state index contributed by atoms with van der Waals surface area (Å²) in [6.45, 7) is 8.31. The third-order valence-corrected chi connectivity index (χ3v) is 3.81. The normalized spacial score (nSPS) is 11.1. The molecule has 2 aromatic rings. The van der Waals surface area contributed by atoms with Crippen LogP contribution >= 0.6 is 0 Å². The van der Waals surface area contributed by atoms with Crippen molar-refractivity contribution < 1.29 is 9.90 Å². The second-order valence-corrected chi connectivity index (χ2v) is 5.53. The predicted molar refractivity (Wildman–Crippen MR) is 83.3 cm³/mol. The molecular weight excluding hydrogens is 264 g/mol. The van der Waals surface area contributed by atoms with E-state index in [9.17, 15) is 9.90 Å². The van der Waals surface area contributed by atoms with Crippen LogP contribution in [0, 0.1) is 13.8 Å². The fraction of sp³-hybridized carbons (Fsp3) is 0.412. The van der Waals surface area contributed by atoms with Crippen molar-refractivity contribution in [3.63, 3.8) is 0 Å². The molecule has 0 fully saturated rings. The molecular formula is C17H22N2O2. The third kappa shape index (κ3) is 3.15. The Balaban J connectivity index is 2.62. The second-order valence-electron chi connectivity index (χ2n) is 5.53. The van der Waals surface area contributed by atoms with Crippen molar-refractivity contribution >= 4 is 5.97 Å². The fourth-order valence-electron chi connectivity index (χ4n) is 2.78. The molecule has 0 aliphatic rings. The van der Waals surface area contributed by atoms with Gasteiger partial charge in [-0.3, -0.25) is 0 Å². The maximum atomic E-state index is 11.3. The lowest BCUT2D eigenvalue weighted by molar-refractivity contribution is 0.0690. The quantitative estimate of drug-likeness (QED) is 0.900. The summed E-state index contributed by atoms with van der Waals surface area (Å²) >= 11 is 0. The summed E-state index contributed by atoms with van der Waals surface area (Å²) in [6, 6.07) is 7.88. The molecule has 0 aliphatic carbocycles. The Morgan fingerprint density at radius 2 is 1.71 bits per heavy atom. The summed E-state index contributed by atoms with van der Waals surface area (Å²) in [5, 5.41) is 13.5. The number of carboxylic acids is 1. The number of carbonyl (C=O) groups is 1. The van der Waals surface area contributed by atoms with Gasteiger partial charge in [0, 0.05) is 11.6 Å². The molecule has 0 spiro atoms. The van der Waals surface area contributed by atoms with E-state index in [-0.39, 0.29) is 5.69 Å². The van der Waals surface area contributed by atoms with Gasteiger partial charge in [-0.2, -0.15) is 5.10 Å². The van der Waals surface area contributed by atoms with Crippen LogP contribution in [0.4, 0.5) is 0 Å². The largest absolute Gasteiger partial charge is 0.476 e. The van der Waals surface area contributed by atoms with Crippen LogP contribution in [0.25, 0.3) is 5.69 Å². The van der Waals surface area contributed by atoms with Crippen LogP contribution in [0.3, 0.4) is 0 Å². The lowest BCUT2D eigenvalue weighted by atomic mass is 9.98. The van der Waals surface area contributed by atoms with Crippen molar-refractivity contribution in [2.45, 2.75) is 46.5 Å². The number of aromatic nitrogens is 2.